The first kappa shape index (κ1) is 21.6. The molecule has 2 aliphatic carbocycles. The lowest BCUT2D eigenvalue weighted by molar-refractivity contribution is 0.0633. The number of nitrogens with one attached hydrogen (secondary N) is 1. The van der Waals surface area contributed by atoms with Gasteiger partial charge >= 0.3 is 0 Å². The first-order chi connectivity index (χ1) is 15.6. The summed E-state index contributed by atoms with van der Waals surface area (Å²) in [6, 6.07) is 12.5. The zero-order valence-electron chi connectivity index (χ0n) is 18.9. The molecular formula is C27H35N3O2. The summed E-state index contributed by atoms with van der Waals surface area (Å²) in [4.78, 5) is 25.9. The molecule has 0 bridgehead atoms. The standard InChI is InChI=1S/C27H35N3O2/c28-30(23-9-5-2-6-10-23)27(32)21-14-12-18-11-13-20(15-22(18)16-21)25(31)17-24-26(29-24)19-7-3-1-4-8-19/h11-16,19,23-24,26,29H,1-10,17,28H2. The molecule has 2 aromatic rings. The Balaban J connectivity index is 1.27. The fourth-order valence-electron chi connectivity index (χ4n) is 5.88. The van der Waals surface area contributed by atoms with Crippen LogP contribution in [0, 0.1) is 5.92 Å². The lowest BCUT2D eigenvalue weighted by atomic mass is 9.85. The van der Waals surface area contributed by atoms with E-state index in [0.717, 1.165) is 47.9 Å². The van der Waals surface area contributed by atoms with Gasteiger partial charge in [-0.25, -0.2) is 5.84 Å². The van der Waals surface area contributed by atoms with E-state index in [1.165, 1.54) is 43.5 Å². The highest BCUT2D eigenvalue weighted by atomic mass is 16.2. The maximum Gasteiger partial charge on any atom is 0.268 e. The van der Waals surface area contributed by atoms with E-state index in [4.69, 9.17) is 5.84 Å². The van der Waals surface area contributed by atoms with Gasteiger partial charge in [0.25, 0.3) is 5.91 Å². The average Bonchev–Trinajstić information content (AvgIpc) is 3.62. The second-order valence-electron chi connectivity index (χ2n) is 10.1. The Bertz CT molecular complexity index is 992. The van der Waals surface area contributed by atoms with Crippen LogP contribution in [-0.4, -0.2) is 34.8 Å². The molecule has 2 unspecified atom stereocenters. The van der Waals surface area contributed by atoms with Crippen molar-refractivity contribution in [3.63, 3.8) is 0 Å². The maximum absolute atomic E-state index is 13.0. The zero-order chi connectivity index (χ0) is 22.1. The summed E-state index contributed by atoms with van der Waals surface area (Å²) in [6.45, 7) is 0. The molecular weight excluding hydrogens is 398 g/mol. The number of carbonyl (C=O) groups is 2. The molecule has 5 nitrogen and oxygen atoms in total. The molecule has 3 fully saturated rings. The average molecular weight is 434 g/mol. The lowest BCUT2D eigenvalue weighted by Crippen LogP contribution is -2.46. The van der Waals surface area contributed by atoms with Crippen LogP contribution in [-0.2, 0) is 0 Å². The first-order valence-electron chi connectivity index (χ1n) is 12.5. The van der Waals surface area contributed by atoms with Crippen LogP contribution in [0.5, 0.6) is 0 Å². The minimum atomic E-state index is -0.131. The van der Waals surface area contributed by atoms with Crippen LogP contribution >= 0.6 is 0 Å². The fourth-order valence-corrected chi connectivity index (χ4v) is 5.88. The number of nitrogens with two attached hydrogens (primary N) is 1. The molecule has 3 N–H and O–H groups in total. The predicted octanol–water partition coefficient (Wildman–Crippen LogP) is 4.98. The smallest absolute Gasteiger partial charge is 0.268 e. The van der Waals surface area contributed by atoms with Gasteiger partial charge in [-0.3, -0.25) is 14.6 Å². The van der Waals surface area contributed by atoms with Gasteiger partial charge in [0.15, 0.2) is 5.78 Å². The second kappa shape index (κ2) is 9.32. The summed E-state index contributed by atoms with van der Waals surface area (Å²) >= 11 is 0. The van der Waals surface area contributed by atoms with Crippen molar-refractivity contribution in [2.75, 3.05) is 0 Å². The Morgan fingerprint density at radius 3 is 2.19 bits per heavy atom. The molecule has 2 saturated carbocycles. The van der Waals surface area contributed by atoms with Crippen LogP contribution < -0.4 is 11.2 Å². The van der Waals surface area contributed by atoms with Gasteiger partial charge in [0.2, 0.25) is 0 Å². The topological polar surface area (TPSA) is 85.3 Å². The van der Waals surface area contributed by atoms with Crippen molar-refractivity contribution in [1.82, 2.24) is 10.3 Å². The highest BCUT2D eigenvalue weighted by Crippen LogP contribution is 2.35. The molecule has 2 atom stereocenters. The summed E-state index contributed by atoms with van der Waals surface area (Å²) in [6.07, 6.45) is 12.6. The molecule has 0 radical (unpaired) electrons. The predicted molar refractivity (Wildman–Crippen MR) is 127 cm³/mol. The number of hydrogen-bond acceptors (Lipinski definition) is 4. The molecule has 1 amide bonds. The van der Waals surface area contributed by atoms with Crippen molar-refractivity contribution in [2.24, 2.45) is 11.8 Å². The molecule has 1 heterocycles. The summed E-state index contributed by atoms with van der Waals surface area (Å²) < 4.78 is 0. The van der Waals surface area contributed by atoms with Crippen molar-refractivity contribution < 1.29 is 9.59 Å². The Labute approximate surface area is 190 Å². The van der Waals surface area contributed by atoms with Crippen LogP contribution in [0.2, 0.25) is 0 Å². The minimum absolute atomic E-state index is 0.128. The Kier molecular flexibility index (Phi) is 6.29. The maximum atomic E-state index is 13.0. The number of ketones is 1. The summed E-state index contributed by atoms with van der Waals surface area (Å²) in [5, 5.41) is 6.94. The van der Waals surface area contributed by atoms with Crippen molar-refractivity contribution in [3.05, 3.63) is 47.5 Å². The third kappa shape index (κ3) is 4.60. The van der Waals surface area contributed by atoms with Gasteiger partial charge in [0.1, 0.15) is 0 Å². The number of hydrazine groups is 1. The summed E-state index contributed by atoms with van der Waals surface area (Å²) in [5.74, 6) is 7.00. The first-order valence-corrected chi connectivity index (χ1v) is 12.5. The SMILES string of the molecule is NN(C(=O)c1ccc2ccc(C(=O)CC3NC3C3CCCCC3)cc2c1)C1CCCCC1. The number of hydrogen-bond donors (Lipinski definition) is 2. The molecule has 32 heavy (non-hydrogen) atoms. The molecule has 1 aliphatic heterocycles. The van der Waals surface area contributed by atoms with E-state index >= 15 is 0 Å². The fraction of sp³-hybridized carbons (Fsp3) is 0.556. The van der Waals surface area contributed by atoms with Crippen LogP contribution in [0.15, 0.2) is 36.4 Å². The van der Waals surface area contributed by atoms with E-state index in [1.54, 1.807) is 0 Å². The largest absolute Gasteiger partial charge is 0.307 e. The van der Waals surface area contributed by atoms with Gasteiger partial charge in [-0.1, -0.05) is 56.7 Å². The number of rotatable bonds is 6. The van der Waals surface area contributed by atoms with Gasteiger partial charge < -0.3 is 5.32 Å². The van der Waals surface area contributed by atoms with E-state index in [0.29, 0.717) is 24.1 Å². The van der Waals surface area contributed by atoms with Gasteiger partial charge in [-0.05, 0) is 60.6 Å². The third-order valence-corrected chi connectivity index (χ3v) is 7.91. The molecule has 0 spiro atoms. The third-order valence-electron chi connectivity index (χ3n) is 7.91. The molecule has 5 rings (SSSR count). The number of Topliss-reactive ketones (excluding diaryl/α,β-unsaturated/α-hetero) is 1. The molecule has 5 heteroatoms. The molecule has 2 aromatic carbocycles. The van der Waals surface area contributed by atoms with E-state index in [2.05, 4.69) is 5.32 Å². The van der Waals surface area contributed by atoms with Gasteiger partial charge in [0, 0.05) is 35.7 Å². The number of amides is 1. The summed E-state index contributed by atoms with van der Waals surface area (Å²) in [5.41, 5.74) is 1.33. The monoisotopic (exact) mass is 433 g/mol. The highest BCUT2D eigenvalue weighted by Gasteiger charge is 2.43. The molecule has 3 aliphatic rings. The molecule has 0 aromatic heterocycles. The van der Waals surface area contributed by atoms with E-state index in [-0.39, 0.29) is 17.7 Å². The summed E-state index contributed by atoms with van der Waals surface area (Å²) in [7, 11) is 0. The second-order valence-corrected chi connectivity index (χ2v) is 10.1. The van der Waals surface area contributed by atoms with Crippen LogP contribution in [0.1, 0.15) is 91.3 Å². The van der Waals surface area contributed by atoms with Crippen LogP contribution in [0.3, 0.4) is 0 Å². The molecule has 170 valence electrons. The normalized spacial score (nSPS) is 24.4. The Morgan fingerprint density at radius 1 is 0.844 bits per heavy atom. The molecule has 1 saturated heterocycles. The zero-order valence-corrected chi connectivity index (χ0v) is 18.9. The number of nitrogens with zero attached hydrogens (tertiary/aromatic N) is 1. The number of carbonyl (C=O) groups excluding carboxylic acids is 2. The number of fused-ring (bicyclic) bond motifs is 1. The quantitative estimate of drug-likeness (QED) is 0.221. The number of benzene rings is 2. The van der Waals surface area contributed by atoms with Gasteiger partial charge in [-0.15, -0.1) is 0 Å². The van der Waals surface area contributed by atoms with Crippen molar-refractivity contribution >= 4 is 22.5 Å². The highest BCUT2D eigenvalue weighted by molar-refractivity contribution is 6.03. The van der Waals surface area contributed by atoms with Crippen molar-refractivity contribution in [2.45, 2.75) is 88.8 Å². The van der Waals surface area contributed by atoms with Crippen LogP contribution in [0.4, 0.5) is 0 Å². The van der Waals surface area contributed by atoms with Crippen molar-refractivity contribution in [3.8, 4) is 0 Å². The van der Waals surface area contributed by atoms with Gasteiger partial charge in [0.05, 0.1) is 0 Å². The van der Waals surface area contributed by atoms with Gasteiger partial charge in [-0.2, -0.15) is 0 Å². The lowest BCUT2D eigenvalue weighted by Gasteiger charge is -2.30. The Hall–Kier alpha value is -2.24. The Morgan fingerprint density at radius 2 is 1.47 bits per heavy atom. The van der Waals surface area contributed by atoms with Crippen molar-refractivity contribution in [1.29, 1.82) is 0 Å². The van der Waals surface area contributed by atoms with Crippen LogP contribution in [0.25, 0.3) is 10.8 Å². The minimum Gasteiger partial charge on any atom is -0.307 e. The van der Waals surface area contributed by atoms with E-state index in [9.17, 15) is 9.59 Å². The van der Waals surface area contributed by atoms with E-state index in [1.807, 2.05) is 36.4 Å². The van der Waals surface area contributed by atoms with E-state index < -0.39 is 0 Å².